The number of imidazole rings is 1. The second kappa shape index (κ2) is 10.9. The molecule has 0 radical (unpaired) electrons. The molecule has 0 atom stereocenters. The standard InChI is InChI=1S/C26H25F3N6O4S/c1-34(2)24-25(36)33-20(15-31-24)17-7-6-12-35-21(14-26(27,28)29)18(32-23(17)35)8-5-11-30-19-10-9-16(40(4,37)38)13-22(19)39-3/h6-7,9-10,12-13,15,30H,11,14H2,1-4H3,(H,33,36). The summed E-state index contributed by atoms with van der Waals surface area (Å²) in [5.41, 5.74) is 0.594. The lowest BCUT2D eigenvalue weighted by Gasteiger charge is -2.11. The molecule has 210 valence electrons. The van der Waals surface area contributed by atoms with Crippen LogP contribution in [0.1, 0.15) is 11.4 Å². The molecule has 0 fully saturated rings. The Hall–Kier alpha value is -4.51. The minimum absolute atomic E-state index is 0.00397. The zero-order chi connectivity index (χ0) is 29.2. The topological polar surface area (TPSA) is 122 Å². The van der Waals surface area contributed by atoms with Crippen LogP contribution in [0.3, 0.4) is 0 Å². The van der Waals surface area contributed by atoms with Crippen molar-refractivity contribution in [2.24, 2.45) is 0 Å². The Kier molecular flexibility index (Phi) is 7.79. The minimum Gasteiger partial charge on any atom is -0.495 e. The van der Waals surface area contributed by atoms with Gasteiger partial charge in [-0.3, -0.25) is 4.79 Å². The number of aromatic amines is 1. The third-order valence-electron chi connectivity index (χ3n) is 5.77. The van der Waals surface area contributed by atoms with Crippen LogP contribution in [-0.2, 0) is 16.3 Å². The number of sulfone groups is 1. The maximum absolute atomic E-state index is 13.5. The number of nitrogens with one attached hydrogen (secondary N) is 2. The lowest BCUT2D eigenvalue weighted by molar-refractivity contribution is -0.128. The zero-order valence-corrected chi connectivity index (χ0v) is 22.7. The summed E-state index contributed by atoms with van der Waals surface area (Å²) in [5.74, 6) is 5.92. The predicted molar refractivity (Wildman–Crippen MR) is 145 cm³/mol. The van der Waals surface area contributed by atoms with Gasteiger partial charge in [-0.25, -0.2) is 18.4 Å². The Labute approximate surface area is 227 Å². The molecule has 4 rings (SSSR count). The van der Waals surface area contributed by atoms with E-state index in [0.29, 0.717) is 11.3 Å². The van der Waals surface area contributed by atoms with Gasteiger partial charge in [-0.15, -0.1) is 0 Å². The van der Waals surface area contributed by atoms with E-state index in [1.165, 1.54) is 47.0 Å². The largest absolute Gasteiger partial charge is 0.495 e. The highest BCUT2D eigenvalue weighted by atomic mass is 32.2. The van der Waals surface area contributed by atoms with Gasteiger partial charge in [-0.1, -0.05) is 5.92 Å². The number of benzene rings is 1. The summed E-state index contributed by atoms with van der Waals surface area (Å²) in [6, 6.07) is 7.45. The van der Waals surface area contributed by atoms with Crippen LogP contribution in [0.2, 0.25) is 0 Å². The van der Waals surface area contributed by atoms with Crippen LogP contribution in [0.15, 0.2) is 52.4 Å². The first-order valence-corrected chi connectivity index (χ1v) is 13.6. The molecular weight excluding hydrogens is 549 g/mol. The Morgan fingerprint density at radius 2 is 1.98 bits per heavy atom. The Balaban J connectivity index is 1.71. The van der Waals surface area contributed by atoms with Gasteiger partial charge in [0.1, 0.15) is 17.1 Å². The van der Waals surface area contributed by atoms with E-state index in [1.807, 2.05) is 0 Å². The van der Waals surface area contributed by atoms with E-state index in [2.05, 4.69) is 32.1 Å². The summed E-state index contributed by atoms with van der Waals surface area (Å²) in [6.45, 7) is 0.00397. The van der Waals surface area contributed by atoms with E-state index in [9.17, 15) is 26.4 Å². The number of methoxy groups -OCH3 is 1. The monoisotopic (exact) mass is 574 g/mol. The maximum Gasteiger partial charge on any atom is 0.394 e. The van der Waals surface area contributed by atoms with Crippen molar-refractivity contribution in [1.29, 1.82) is 0 Å². The second-order valence-corrected chi connectivity index (χ2v) is 11.0. The first kappa shape index (κ1) is 28.5. The zero-order valence-electron chi connectivity index (χ0n) is 21.9. The van der Waals surface area contributed by atoms with Gasteiger partial charge in [-0.2, -0.15) is 13.2 Å². The molecule has 3 aromatic heterocycles. The number of hydrogen-bond donors (Lipinski definition) is 2. The normalized spacial score (nSPS) is 11.7. The van der Waals surface area contributed by atoms with E-state index in [-0.39, 0.29) is 45.7 Å². The van der Waals surface area contributed by atoms with Gasteiger partial charge in [0.15, 0.2) is 15.7 Å². The van der Waals surface area contributed by atoms with Gasteiger partial charge in [0.2, 0.25) is 0 Å². The molecule has 4 aromatic rings. The molecule has 0 spiro atoms. The van der Waals surface area contributed by atoms with Crippen LogP contribution < -0.4 is 20.5 Å². The Bertz CT molecular complexity index is 1800. The predicted octanol–water partition coefficient (Wildman–Crippen LogP) is 3.13. The molecule has 3 heterocycles. The van der Waals surface area contributed by atoms with Gasteiger partial charge in [0.25, 0.3) is 5.56 Å². The van der Waals surface area contributed by atoms with E-state index >= 15 is 0 Å². The lowest BCUT2D eigenvalue weighted by Crippen LogP contribution is -2.22. The number of ether oxygens (including phenoxy) is 1. The molecular formula is C26H25F3N6O4S. The van der Waals surface area contributed by atoms with Crippen molar-refractivity contribution in [1.82, 2.24) is 19.4 Å². The average Bonchev–Trinajstić information content (AvgIpc) is 3.21. The van der Waals surface area contributed by atoms with Gasteiger partial charge < -0.3 is 24.3 Å². The van der Waals surface area contributed by atoms with Gasteiger partial charge in [-0.05, 0) is 30.2 Å². The highest BCUT2D eigenvalue weighted by molar-refractivity contribution is 7.90. The summed E-state index contributed by atoms with van der Waals surface area (Å²) < 4.78 is 70.7. The molecule has 40 heavy (non-hydrogen) atoms. The average molecular weight is 575 g/mol. The number of H-pyrrole nitrogens is 1. The summed E-state index contributed by atoms with van der Waals surface area (Å²) in [4.78, 5) is 25.3. The molecule has 0 aliphatic rings. The molecule has 10 nitrogen and oxygen atoms in total. The summed E-state index contributed by atoms with van der Waals surface area (Å²) >= 11 is 0. The van der Waals surface area contributed by atoms with Gasteiger partial charge in [0, 0.05) is 38.2 Å². The fourth-order valence-electron chi connectivity index (χ4n) is 3.95. The van der Waals surface area contributed by atoms with Crippen molar-refractivity contribution in [3.63, 3.8) is 0 Å². The van der Waals surface area contributed by atoms with Gasteiger partial charge >= 0.3 is 6.18 Å². The molecule has 0 aliphatic heterocycles. The number of alkyl halides is 3. The van der Waals surface area contributed by atoms with Crippen molar-refractivity contribution in [3.05, 3.63) is 64.5 Å². The first-order chi connectivity index (χ1) is 18.8. The second-order valence-electron chi connectivity index (χ2n) is 8.95. The lowest BCUT2D eigenvalue weighted by atomic mass is 10.2. The number of aromatic nitrogens is 4. The van der Waals surface area contributed by atoms with Crippen LogP contribution in [-0.4, -0.2) is 68.0 Å². The van der Waals surface area contributed by atoms with Crippen LogP contribution in [0.4, 0.5) is 24.7 Å². The summed E-state index contributed by atoms with van der Waals surface area (Å²) in [7, 11) is 1.27. The Morgan fingerprint density at radius 3 is 2.60 bits per heavy atom. The molecule has 2 N–H and O–H groups in total. The molecule has 1 aromatic carbocycles. The summed E-state index contributed by atoms with van der Waals surface area (Å²) in [6.07, 6.45) is -1.86. The van der Waals surface area contributed by atoms with Crippen molar-refractivity contribution < 1.29 is 26.3 Å². The Morgan fingerprint density at radius 1 is 1.23 bits per heavy atom. The van der Waals surface area contributed by atoms with Crippen LogP contribution in [0.25, 0.3) is 16.9 Å². The quantitative estimate of drug-likeness (QED) is 0.323. The van der Waals surface area contributed by atoms with Crippen LogP contribution in [0.5, 0.6) is 5.75 Å². The van der Waals surface area contributed by atoms with Crippen molar-refractivity contribution in [2.75, 3.05) is 44.2 Å². The minimum atomic E-state index is -4.53. The number of fused-ring (bicyclic) bond motifs is 1. The van der Waals surface area contributed by atoms with Crippen LogP contribution in [0, 0.1) is 11.8 Å². The molecule has 0 amide bonds. The van der Waals surface area contributed by atoms with E-state index < -0.39 is 28.0 Å². The fourth-order valence-corrected chi connectivity index (χ4v) is 4.59. The molecule has 0 saturated carbocycles. The third kappa shape index (κ3) is 6.20. The molecule has 0 saturated heterocycles. The van der Waals surface area contributed by atoms with Crippen LogP contribution >= 0.6 is 0 Å². The highest BCUT2D eigenvalue weighted by Gasteiger charge is 2.31. The molecule has 0 unspecified atom stereocenters. The fraction of sp³-hybridized carbons (Fsp3) is 0.269. The van der Waals surface area contributed by atoms with Crippen molar-refractivity contribution in [2.45, 2.75) is 17.5 Å². The molecule has 0 aliphatic carbocycles. The number of halogens is 3. The third-order valence-corrected chi connectivity index (χ3v) is 6.88. The maximum atomic E-state index is 13.5. The van der Waals surface area contributed by atoms with E-state index in [0.717, 1.165) is 6.26 Å². The number of hydrogen-bond acceptors (Lipinski definition) is 8. The molecule has 14 heteroatoms. The van der Waals surface area contributed by atoms with Crippen molar-refractivity contribution >= 4 is 27.0 Å². The number of anilines is 2. The van der Waals surface area contributed by atoms with E-state index in [1.54, 1.807) is 26.2 Å². The SMILES string of the molecule is COc1cc(S(C)(=O)=O)ccc1NCC#Cc1nc2c(-c3cnc(N(C)C)c(=O)[nH]3)cccn2c1CC(F)(F)F. The van der Waals surface area contributed by atoms with E-state index in [4.69, 9.17) is 4.74 Å². The van der Waals surface area contributed by atoms with Gasteiger partial charge in [0.05, 0.1) is 48.2 Å². The number of nitrogens with zero attached hydrogens (tertiary/aromatic N) is 4. The van der Waals surface area contributed by atoms with Crippen molar-refractivity contribution in [3.8, 4) is 28.8 Å². The highest BCUT2D eigenvalue weighted by Crippen LogP contribution is 2.29. The summed E-state index contributed by atoms with van der Waals surface area (Å²) in [5, 5.41) is 2.97. The number of rotatable bonds is 7. The smallest absolute Gasteiger partial charge is 0.394 e. The number of pyridine rings is 1. The first-order valence-electron chi connectivity index (χ1n) is 11.7. The molecule has 0 bridgehead atoms.